The van der Waals surface area contributed by atoms with Crippen molar-refractivity contribution in [2.45, 2.75) is 38.5 Å². The minimum absolute atomic E-state index is 0.0329. The smallest absolute Gasteiger partial charge is 0.240 e. The monoisotopic (exact) mass is 422 g/mol. The molecule has 0 aromatic heterocycles. The van der Waals surface area contributed by atoms with Crippen LogP contribution in [-0.4, -0.2) is 41.1 Å². The highest BCUT2D eigenvalue weighted by atomic mass is 32.2. The lowest BCUT2D eigenvalue weighted by Crippen LogP contribution is -2.38. The van der Waals surface area contributed by atoms with E-state index in [2.05, 4.69) is 30.0 Å². The van der Waals surface area contributed by atoms with Crippen LogP contribution in [-0.2, 0) is 19.6 Å². The predicted molar refractivity (Wildman–Crippen MR) is 115 cm³/mol. The Bertz CT molecular complexity index is 790. The maximum absolute atomic E-state index is 12.6. The van der Waals surface area contributed by atoms with E-state index in [1.807, 2.05) is 6.92 Å². The molecule has 0 heterocycles. The van der Waals surface area contributed by atoms with Crippen molar-refractivity contribution in [2.75, 3.05) is 26.8 Å². The number of carbonyl (C=O) groups is 1. The molecule has 0 radical (unpaired) electrons. The second-order valence-corrected chi connectivity index (χ2v) is 9.89. The van der Waals surface area contributed by atoms with E-state index in [0.29, 0.717) is 38.0 Å². The van der Waals surface area contributed by atoms with Crippen LogP contribution in [0.4, 0.5) is 0 Å². The minimum atomic E-state index is -3.53. The van der Waals surface area contributed by atoms with Crippen LogP contribution in [0.5, 0.6) is 0 Å². The van der Waals surface area contributed by atoms with Gasteiger partial charge in [0.25, 0.3) is 0 Å². The lowest BCUT2D eigenvalue weighted by molar-refractivity contribution is -0.122. The van der Waals surface area contributed by atoms with Crippen LogP contribution in [0.2, 0.25) is 0 Å². The number of hydrogen-bond acceptors (Lipinski definition) is 4. The van der Waals surface area contributed by atoms with E-state index in [9.17, 15) is 13.2 Å². The number of allylic oxidation sites excluding steroid dienone is 1. The highest BCUT2D eigenvalue weighted by Gasteiger charge is 2.33. The SMILES string of the molecule is COCCNC(=O)C[C@@H]1C[C@@H](C(C)C)[C@H](CNS(=O)(=O)c2ccccc2)C=C1C. The summed E-state index contributed by atoms with van der Waals surface area (Å²) < 4.78 is 32.9. The Morgan fingerprint density at radius 3 is 2.55 bits per heavy atom. The summed E-state index contributed by atoms with van der Waals surface area (Å²) in [4.78, 5) is 12.5. The molecule has 1 aliphatic carbocycles. The van der Waals surface area contributed by atoms with Crippen LogP contribution < -0.4 is 10.0 Å². The van der Waals surface area contributed by atoms with E-state index < -0.39 is 10.0 Å². The van der Waals surface area contributed by atoms with Crippen molar-refractivity contribution in [3.63, 3.8) is 0 Å². The number of amides is 1. The molecule has 0 bridgehead atoms. The van der Waals surface area contributed by atoms with E-state index in [0.717, 1.165) is 12.0 Å². The van der Waals surface area contributed by atoms with Crippen LogP contribution in [0.3, 0.4) is 0 Å². The van der Waals surface area contributed by atoms with Gasteiger partial charge >= 0.3 is 0 Å². The summed E-state index contributed by atoms with van der Waals surface area (Å²) in [6, 6.07) is 8.44. The summed E-state index contributed by atoms with van der Waals surface area (Å²) in [6.45, 7) is 7.75. The van der Waals surface area contributed by atoms with E-state index in [1.165, 1.54) is 0 Å². The Hall–Kier alpha value is -1.70. The van der Waals surface area contributed by atoms with Crippen molar-refractivity contribution < 1.29 is 17.9 Å². The Morgan fingerprint density at radius 1 is 1.24 bits per heavy atom. The quantitative estimate of drug-likeness (QED) is 0.448. The van der Waals surface area contributed by atoms with Gasteiger partial charge in [0.15, 0.2) is 0 Å². The second kappa shape index (κ2) is 10.9. The van der Waals surface area contributed by atoms with Gasteiger partial charge in [-0.25, -0.2) is 13.1 Å². The van der Waals surface area contributed by atoms with Gasteiger partial charge < -0.3 is 10.1 Å². The first-order valence-electron chi connectivity index (χ1n) is 10.2. The summed E-state index contributed by atoms with van der Waals surface area (Å²) in [5, 5.41) is 2.89. The van der Waals surface area contributed by atoms with Crippen molar-refractivity contribution in [1.82, 2.24) is 10.0 Å². The van der Waals surface area contributed by atoms with Gasteiger partial charge in [-0.3, -0.25) is 4.79 Å². The minimum Gasteiger partial charge on any atom is -0.383 e. The second-order valence-electron chi connectivity index (χ2n) is 8.13. The number of carbonyl (C=O) groups excluding carboxylic acids is 1. The number of ether oxygens (including phenoxy) is 1. The van der Waals surface area contributed by atoms with Crippen LogP contribution >= 0.6 is 0 Å². The molecule has 0 spiro atoms. The zero-order valence-corrected chi connectivity index (χ0v) is 18.7. The van der Waals surface area contributed by atoms with Crippen LogP contribution in [0.15, 0.2) is 46.9 Å². The fourth-order valence-corrected chi connectivity index (χ4v) is 5.08. The fourth-order valence-electron chi connectivity index (χ4n) is 3.99. The average molecular weight is 423 g/mol. The first-order valence-corrected chi connectivity index (χ1v) is 11.7. The molecule has 0 aliphatic heterocycles. The highest BCUT2D eigenvalue weighted by Crippen LogP contribution is 2.38. The molecule has 1 aromatic carbocycles. The van der Waals surface area contributed by atoms with Gasteiger partial charge in [-0.1, -0.05) is 43.7 Å². The lowest BCUT2D eigenvalue weighted by Gasteiger charge is -2.37. The van der Waals surface area contributed by atoms with Gasteiger partial charge in [0.2, 0.25) is 15.9 Å². The van der Waals surface area contributed by atoms with Crippen molar-refractivity contribution in [2.24, 2.45) is 23.7 Å². The molecule has 0 unspecified atom stereocenters. The third kappa shape index (κ3) is 6.94. The Balaban J connectivity index is 2.04. The predicted octanol–water partition coefficient (Wildman–Crippen LogP) is 2.97. The van der Waals surface area contributed by atoms with Gasteiger partial charge in [-0.05, 0) is 49.1 Å². The molecule has 7 heteroatoms. The summed E-state index contributed by atoms with van der Waals surface area (Å²) in [6.07, 6.45) is 3.50. The molecule has 2 rings (SSSR count). The molecule has 0 fully saturated rings. The number of benzene rings is 1. The topological polar surface area (TPSA) is 84.5 Å². The summed E-state index contributed by atoms with van der Waals surface area (Å²) in [5.74, 6) is 1.04. The van der Waals surface area contributed by atoms with Gasteiger partial charge in [-0.2, -0.15) is 0 Å². The Labute approximate surface area is 175 Å². The Morgan fingerprint density at radius 2 is 1.93 bits per heavy atom. The van der Waals surface area contributed by atoms with Crippen LogP contribution in [0.1, 0.15) is 33.6 Å². The maximum Gasteiger partial charge on any atom is 0.240 e. The molecule has 162 valence electrons. The first-order chi connectivity index (χ1) is 13.7. The zero-order valence-electron chi connectivity index (χ0n) is 17.9. The summed E-state index contributed by atoms with van der Waals surface area (Å²) in [5.41, 5.74) is 1.16. The van der Waals surface area contributed by atoms with E-state index >= 15 is 0 Å². The van der Waals surface area contributed by atoms with Gasteiger partial charge in [0, 0.05) is 26.6 Å². The van der Waals surface area contributed by atoms with E-state index in [1.54, 1.807) is 37.4 Å². The molecule has 0 saturated heterocycles. The highest BCUT2D eigenvalue weighted by molar-refractivity contribution is 7.89. The normalized spacial score (nSPS) is 22.4. The van der Waals surface area contributed by atoms with Gasteiger partial charge in [-0.15, -0.1) is 0 Å². The van der Waals surface area contributed by atoms with Crippen molar-refractivity contribution in [1.29, 1.82) is 0 Å². The summed E-state index contributed by atoms with van der Waals surface area (Å²) >= 11 is 0. The molecule has 29 heavy (non-hydrogen) atoms. The third-order valence-corrected chi connectivity index (χ3v) is 7.15. The van der Waals surface area contributed by atoms with Crippen LogP contribution in [0, 0.1) is 23.7 Å². The van der Waals surface area contributed by atoms with Gasteiger partial charge in [0.05, 0.1) is 11.5 Å². The number of nitrogens with one attached hydrogen (secondary N) is 2. The van der Waals surface area contributed by atoms with E-state index in [-0.39, 0.29) is 22.6 Å². The zero-order chi connectivity index (χ0) is 21.4. The first kappa shape index (κ1) is 23.6. The average Bonchev–Trinajstić information content (AvgIpc) is 2.68. The Kier molecular flexibility index (Phi) is 8.86. The van der Waals surface area contributed by atoms with E-state index in [4.69, 9.17) is 4.74 Å². The molecule has 3 atom stereocenters. The van der Waals surface area contributed by atoms with Crippen LogP contribution in [0.25, 0.3) is 0 Å². The molecule has 6 nitrogen and oxygen atoms in total. The fraction of sp³-hybridized carbons (Fsp3) is 0.591. The van der Waals surface area contributed by atoms with Crippen molar-refractivity contribution in [3.8, 4) is 0 Å². The third-order valence-electron chi connectivity index (χ3n) is 5.71. The molecule has 2 N–H and O–H groups in total. The summed E-state index contributed by atoms with van der Waals surface area (Å²) in [7, 11) is -1.92. The number of sulfonamides is 1. The molecular weight excluding hydrogens is 388 g/mol. The molecule has 1 aliphatic rings. The van der Waals surface area contributed by atoms with Crippen molar-refractivity contribution >= 4 is 15.9 Å². The van der Waals surface area contributed by atoms with Crippen molar-refractivity contribution in [3.05, 3.63) is 42.0 Å². The standard InChI is InChI=1S/C22H34N2O4S/c1-16(2)21-13-18(14-22(25)23-10-11-28-4)17(3)12-19(21)15-24-29(26,27)20-8-6-5-7-9-20/h5-9,12,16,18-19,21,24H,10-11,13-15H2,1-4H3,(H,23,25)/t18-,19-,21-/m0/s1. The molecule has 1 aromatic rings. The number of hydrogen-bond donors (Lipinski definition) is 2. The lowest BCUT2D eigenvalue weighted by atomic mass is 9.70. The largest absolute Gasteiger partial charge is 0.383 e. The molecule has 0 saturated carbocycles. The van der Waals surface area contributed by atoms with Gasteiger partial charge in [0.1, 0.15) is 0 Å². The number of methoxy groups -OCH3 is 1. The molecular formula is C22H34N2O4S. The molecule has 1 amide bonds. The maximum atomic E-state index is 12.6. The number of rotatable bonds is 10.